The van der Waals surface area contributed by atoms with Crippen molar-refractivity contribution in [1.29, 1.82) is 0 Å². The maximum absolute atomic E-state index is 2.53. The Morgan fingerprint density at radius 1 is 0.500 bits per heavy atom. The van der Waals surface area contributed by atoms with E-state index in [1.54, 1.807) is 0 Å². The van der Waals surface area contributed by atoms with Crippen molar-refractivity contribution in [2.24, 2.45) is 0 Å². The molecule has 9 rings (SSSR count). The lowest BCUT2D eigenvalue weighted by atomic mass is 9.95. The third-order valence-electron chi connectivity index (χ3n) is 8.43. The normalized spacial score (nSPS) is 14.1. The molecule has 0 saturated heterocycles. The van der Waals surface area contributed by atoms with Gasteiger partial charge in [-0.25, -0.2) is 0 Å². The van der Waals surface area contributed by atoms with Crippen molar-refractivity contribution in [3.63, 3.8) is 0 Å². The highest BCUT2D eigenvalue weighted by Gasteiger charge is 2.30. The minimum absolute atomic E-state index is 1.01. The Balaban J connectivity index is 1.36. The molecular weight excluding hydrogens is 410 g/mol. The topological polar surface area (TPSA) is 4.93 Å². The molecule has 2 heterocycles. The van der Waals surface area contributed by atoms with E-state index >= 15 is 0 Å². The van der Waals surface area contributed by atoms with Gasteiger partial charge in [0.25, 0.3) is 0 Å². The molecule has 1 heteroatoms. The monoisotopic (exact) mass is 431 g/mol. The van der Waals surface area contributed by atoms with E-state index in [9.17, 15) is 0 Å². The molecule has 0 N–H and O–H groups in total. The molecule has 0 amide bonds. The summed E-state index contributed by atoms with van der Waals surface area (Å²) in [6.07, 6.45) is 3.10. The molecule has 0 radical (unpaired) electrons. The SMILES string of the molecule is c1ccc2c(c1)Cc1ccc3c(c1-2)Cc1cc2c(cc1-3)c1cccc3c1n2-c1ccccc1C3. The molecule has 1 aliphatic heterocycles. The van der Waals surface area contributed by atoms with Crippen LogP contribution in [0.2, 0.25) is 0 Å². The number of para-hydroxylation sites is 2. The van der Waals surface area contributed by atoms with Crippen molar-refractivity contribution in [2.45, 2.75) is 19.3 Å². The highest BCUT2D eigenvalue weighted by atomic mass is 15.0. The molecule has 0 unspecified atom stereocenters. The van der Waals surface area contributed by atoms with E-state index in [2.05, 4.69) is 95.6 Å². The molecule has 0 bridgehead atoms. The lowest BCUT2D eigenvalue weighted by molar-refractivity contribution is 1.04. The van der Waals surface area contributed by atoms with Crippen LogP contribution in [0.3, 0.4) is 0 Å². The number of hydrogen-bond donors (Lipinski definition) is 0. The molecule has 2 aliphatic carbocycles. The summed E-state index contributed by atoms with van der Waals surface area (Å²) in [7, 11) is 0. The van der Waals surface area contributed by atoms with Crippen LogP contribution in [0.1, 0.15) is 33.4 Å². The zero-order valence-corrected chi connectivity index (χ0v) is 18.7. The van der Waals surface area contributed by atoms with Crippen molar-refractivity contribution in [3.05, 3.63) is 124 Å². The quantitative estimate of drug-likeness (QED) is 0.231. The standard InChI is InChI=1S/C33H21N/c1-3-9-24-19(6-1)14-21-12-13-25-27-18-28-26-10-5-8-22-15-20-7-2-4-11-30(20)34(33(22)26)31(28)17-23(27)16-29(25)32(21)24/h1-13,17-18H,14-16H2. The fourth-order valence-corrected chi connectivity index (χ4v) is 7.03. The van der Waals surface area contributed by atoms with Crippen LogP contribution in [0, 0.1) is 0 Å². The Morgan fingerprint density at radius 3 is 2.29 bits per heavy atom. The third-order valence-corrected chi connectivity index (χ3v) is 8.43. The van der Waals surface area contributed by atoms with Gasteiger partial charge in [-0.1, -0.05) is 72.8 Å². The first-order valence-corrected chi connectivity index (χ1v) is 12.3. The van der Waals surface area contributed by atoms with Crippen LogP contribution < -0.4 is 0 Å². The second kappa shape index (κ2) is 5.87. The summed E-state index contributed by atoms with van der Waals surface area (Å²) in [6, 6.07) is 34.5. The maximum Gasteiger partial charge on any atom is 0.0576 e. The molecule has 0 fully saturated rings. The zero-order chi connectivity index (χ0) is 22.0. The second-order valence-electron chi connectivity index (χ2n) is 10.1. The summed E-state index contributed by atoms with van der Waals surface area (Å²) in [5.74, 6) is 0. The van der Waals surface area contributed by atoms with Gasteiger partial charge >= 0.3 is 0 Å². The predicted octanol–water partition coefficient (Wildman–Crippen LogP) is 7.83. The Kier molecular flexibility index (Phi) is 3.00. The first-order chi connectivity index (χ1) is 16.8. The molecular formula is C33H21N. The van der Waals surface area contributed by atoms with Crippen LogP contribution >= 0.6 is 0 Å². The van der Waals surface area contributed by atoms with Crippen LogP contribution in [0.4, 0.5) is 0 Å². The molecule has 34 heavy (non-hydrogen) atoms. The highest BCUT2D eigenvalue weighted by molar-refractivity contribution is 6.13. The van der Waals surface area contributed by atoms with Crippen molar-refractivity contribution < 1.29 is 0 Å². The molecule has 3 aliphatic rings. The largest absolute Gasteiger partial charge is 0.309 e. The smallest absolute Gasteiger partial charge is 0.0576 e. The van der Waals surface area contributed by atoms with Gasteiger partial charge in [0.1, 0.15) is 0 Å². The predicted molar refractivity (Wildman–Crippen MR) is 140 cm³/mol. The summed E-state index contributed by atoms with van der Waals surface area (Å²) in [6.45, 7) is 0. The summed E-state index contributed by atoms with van der Waals surface area (Å²) < 4.78 is 2.53. The van der Waals surface area contributed by atoms with Gasteiger partial charge in [-0.05, 0) is 86.7 Å². The molecule has 1 nitrogen and oxygen atoms in total. The Morgan fingerprint density at radius 2 is 1.32 bits per heavy atom. The molecule has 0 atom stereocenters. The fourth-order valence-electron chi connectivity index (χ4n) is 7.03. The maximum atomic E-state index is 2.53. The van der Waals surface area contributed by atoms with E-state index < -0.39 is 0 Å². The van der Waals surface area contributed by atoms with Gasteiger partial charge in [0.05, 0.1) is 11.0 Å². The van der Waals surface area contributed by atoms with Gasteiger partial charge < -0.3 is 4.57 Å². The van der Waals surface area contributed by atoms with Gasteiger partial charge in [-0.2, -0.15) is 0 Å². The Bertz CT molecular complexity index is 1880. The number of rotatable bonds is 0. The first kappa shape index (κ1) is 17.4. The zero-order valence-electron chi connectivity index (χ0n) is 18.7. The second-order valence-corrected chi connectivity index (χ2v) is 10.1. The van der Waals surface area contributed by atoms with Crippen LogP contribution in [0.25, 0.3) is 49.7 Å². The number of hydrogen-bond acceptors (Lipinski definition) is 0. The van der Waals surface area contributed by atoms with E-state index in [-0.39, 0.29) is 0 Å². The average Bonchev–Trinajstić information content (AvgIpc) is 3.53. The third kappa shape index (κ3) is 1.98. The summed E-state index contributed by atoms with van der Waals surface area (Å²) >= 11 is 0. The summed E-state index contributed by atoms with van der Waals surface area (Å²) in [4.78, 5) is 0. The Labute approximate surface area is 197 Å². The number of fused-ring (bicyclic) bond motifs is 12. The van der Waals surface area contributed by atoms with E-state index in [0.717, 1.165) is 19.3 Å². The van der Waals surface area contributed by atoms with Crippen molar-refractivity contribution >= 4 is 21.8 Å². The Hall–Kier alpha value is -4.10. The lowest BCUT2D eigenvalue weighted by Crippen LogP contribution is -2.07. The van der Waals surface area contributed by atoms with E-state index in [4.69, 9.17) is 0 Å². The number of aromatic nitrogens is 1. The van der Waals surface area contributed by atoms with Gasteiger partial charge in [0.15, 0.2) is 0 Å². The van der Waals surface area contributed by atoms with E-state index in [1.807, 2.05) is 0 Å². The van der Waals surface area contributed by atoms with Crippen LogP contribution in [0.5, 0.6) is 0 Å². The summed E-state index contributed by atoms with van der Waals surface area (Å²) in [5, 5.41) is 2.76. The first-order valence-electron chi connectivity index (χ1n) is 12.3. The molecule has 6 aromatic rings. The lowest BCUT2D eigenvalue weighted by Gasteiger charge is -2.20. The molecule has 0 spiro atoms. The van der Waals surface area contributed by atoms with Crippen LogP contribution in [0.15, 0.2) is 91.0 Å². The molecule has 158 valence electrons. The average molecular weight is 432 g/mol. The van der Waals surface area contributed by atoms with Crippen LogP contribution in [-0.2, 0) is 19.3 Å². The van der Waals surface area contributed by atoms with Gasteiger partial charge in [-0.15, -0.1) is 0 Å². The van der Waals surface area contributed by atoms with Crippen LogP contribution in [-0.4, -0.2) is 4.57 Å². The minimum Gasteiger partial charge on any atom is -0.309 e. The molecule has 0 saturated carbocycles. The van der Waals surface area contributed by atoms with Crippen molar-refractivity contribution in [3.8, 4) is 27.9 Å². The van der Waals surface area contributed by atoms with Gasteiger partial charge in [-0.3, -0.25) is 0 Å². The van der Waals surface area contributed by atoms with E-state index in [0.29, 0.717) is 0 Å². The number of nitrogens with zero attached hydrogens (tertiary/aromatic N) is 1. The van der Waals surface area contributed by atoms with Gasteiger partial charge in [0, 0.05) is 22.9 Å². The molecule has 5 aromatic carbocycles. The molecule has 1 aromatic heterocycles. The van der Waals surface area contributed by atoms with Gasteiger partial charge in [0.2, 0.25) is 0 Å². The van der Waals surface area contributed by atoms with Crippen molar-refractivity contribution in [1.82, 2.24) is 4.57 Å². The fraction of sp³-hybridized carbons (Fsp3) is 0.0909. The van der Waals surface area contributed by atoms with Crippen molar-refractivity contribution in [2.75, 3.05) is 0 Å². The van der Waals surface area contributed by atoms with E-state index in [1.165, 1.54) is 83.1 Å². The summed E-state index contributed by atoms with van der Waals surface area (Å²) in [5.41, 5.74) is 18.7. The highest BCUT2D eigenvalue weighted by Crippen LogP contribution is 2.49. The minimum atomic E-state index is 1.01. The number of benzene rings is 5.